The van der Waals surface area contributed by atoms with Crippen molar-refractivity contribution in [2.45, 2.75) is 37.3 Å². The molecule has 1 aliphatic rings. The lowest BCUT2D eigenvalue weighted by Gasteiger charge is -2.50. The van der Waals surface area contributed by atoms with Crippen LogP contribution in [0.3, 0.4) is 0 Å². The molecule has 3 N–H and O–H groups in total. The van der Waals surface area contributed by atoms with Crippen LogP contribution in [0.25, 0.3) is 0 Å². The molecule has 21 heavy (non-hydrogen) atoms. The summed E-state index contributed by atoms with van der Waals surface area (Å²) in [5, 5.41) is 0. The van der Waals surface area contributed by atoms with Crippen LogP contribution in [0.4, 0.5) is 0 Å². The molecule has 0 spiro atoms. The van der Waals surface area contributed by atoms with E-state index < -0.39 is 10.0 Å². The maximum Gasteiger partial charge on any atom is 0.240 e. The van der Waals surface area contributed by atoms with Crippen LogP contribution in [0.1, 0.15) is 25.8 Å². The Hall–Kier alpha value is -1.02. The number of thiocarbonyl (C=S) groups is 1. The van der Waals surface area contributed by atoms with E-state index in [1.807, 2.05) is 13.8 Å². The molecule has 0 radical (unpaired) electrons. The van der Waals surface area contributed by atoms with Gasteiger partial charge in [-0.15, -0.1) is 0 Å². The number of sulfonamides is 1. The first kappa shape index (κ1) is 16.4. The van der Waals surface area contributed by atoms with Gasteiger partial charge in [-0.05, 0) is 18.6 Å². The maximum absolute atomic E-state index is 12.5. The molecule has 0 heterocycles. The van der Waals surface area contributed by atoms with Gasteiger partial charge in [-0.1, -0.05) is 38.2 Å². The summed E-state index contributed by atoms with van der Waals surface area (Å²) in [6.45, 7) is 3.98. The SMILES string of the molecule is COC1CC(NS(=O)(=O)c2cccc(C(N)=S)c2)C1(C)C. The van der Waals surface area contributed by atoms with E-state index in [4.69, 9.17) is 22.7 Å². The number of hydrogen-bond donors (Lipinski definition) is 2. The zero-order chi connectivity index (χ0) is 15.8. The van der Waals surface area contributed by atoms with E-state index in [-0.39, 0.29) is 27.4 Å². The lowest BCUT2D eigenvalue weighted by molar-refractivity contribution is -0.0908. The van der Waals surface area contributed by atoms with E-state index in [2.05, 4.69) is 4.72 Å². The third-order valence-corrected chi connectivity index (χ3v) is 5.89. The maximum atomic E-state index is 12.5. The number of benzene rings is 1. The van der Waals surface area contributed by atoms with E-state index in [1.54, 1.807) is 19.2 Å². The second-order valence-electron chi connectivity index (χ2n) is 5.85. The predicted molar refractivity (Wildman–Crippen MR) is 85.6 cm³/mol. The van der Waals surface area contributed by atoms with Gasteiger partial charge in [0, 0.05) is 24.1 Å². The summed E-state index contributed by atoms with van der Waals surface area (Å²) in [7, 11) is -1.96. The Kier molecular flexibility index (Phi) is 4.39. The average Bonchev–Trinajstić information content (AvgIpc) is 2.43. The highest BCUT2D eigenvalue weighted by molar-refractivity contribution is 7.89. The molecule has 1 aromatic rings. The fraction of sp³-hybridized carbons (Fsp3) is 0.500. The molecular weight excluding hydrogens is 308 g/mol. The van der Waals surface area contributed by atoms with Gasteiger partial charge in [0.2, 0.25) is 10.0 Å². The molecule has 0 saturated heterocycles. The lowest BCUT2D eigenvalue weighted by Crippen LogP contribution is -2.61. The van der Waals surface area contributed by atoms with E-state index in [0.29, 0.717) is 12.0 Å². The normalized spacial score (nSPS) is 24.3. The smallest absolute Gasteiger partial charge is 0.240 e. The number of ether oxygens (including phenoxy) is 1. The van der Waals surface area contributed by atoms with Crippen molar-refractivity contribution < 1.29 is 13.2 Å². The summed E-state index contributed by atoms with van der Waals surface area (Å²) < 4.78 is 33.0. The second-order valence-corrected chi connectivity index (χ2v) is 8.00. The summed E-state index contributed by atoms with van der Waals surface area (Å²) in [5.74, 6) is 0. The Bertz CT molecular complexity index is 656. The molecule has 7 heteroatoms. The zero-order valence-corrected chi connectivity index (χ0v) is 13.9. The first-order valence-corrected chi connectivity index (χ1v) is 8.52. The molecule has 0 amide bonds. The van der Waals surface area contributed by atoms with E-state index in [0.717, 1.165) is 0 Å². The number of hydrogen-bond acceptors (Lipinski definition) is 4. The monoisotopic (exact) mass is 328 g/mol. The summed E-state index contributed by atoms with van der Waals surface area (Å²) in [4.78, 5) is 0.347. The first-order chi connectivity index (χ1) is 9.68. The Morgan fingerprint density at radius 2 is 2.14 bits per heavy atom. The fourth-order valence-corrected chi connectivity index (χ4v) is 4.13. The highest BCUT2D eigenvalue weighted by Gasteiger charge is 2.50. The molecule has 5 nitrogen and oxygen atoms in total. The van der Waals surface area contributed by atoms with Crippen LogP contribution in [0.15, 0.2) is 29.2 Å². The minimum Gasteiger partial charge on any atom is -0.389 e. The fourth-order valence-electron chi connectivity index (χ4n) is 2.56. The Labute approximate surface area is 130 Å². The van der Waals surface area contributed by atoms with Crippen molar-refractivity contribution in [1.29, 1.82) is 0 Å². The van der Waals surface area contributed by atoms with Crippen LogP contribution in [-0.4, -0.2) is 32.7 Å². The molecular formula is C14H20N2O3S2. The number of methoxy groups -OCH3 is 1. The van der Waals surface area contributed by atoms with Gasteiger partial charge in [0.25, 0.3) is 0 Å². The summed E-state index contributed by atoms with van der Waals surface area (Å²) in [6.07, 6.45) is 0.728. The van der Waals surface area contributed by atoms with Crippen LogP contribution < -0.4 is 10.5 Å². The molecule has 1 fully saturated rings. The van der Waals surface area contributed by atoms with Gasteiger partial charge >= 0.3 is 0 Å². The van der Waals surface area contributed by atoms with Crippen LogP contribution in [-0.2, 0) is 14.8 Å². The standard InChI is InChI=1S/C14H20N2O3S2/c1-14(2)11(8-12(14)19-3)16-21(17,18)10-6-4-5-9(7-10)13(15)20/h4-7,11-12,16H,8H2,1-3H3,(H2,15,20). The van der Waals surface area contributed by atoms with Crippen LogP contribution in [0.5, 0.6) is 0 Å². The lowest BCUT2D eigenvalue weighted by atomic mass is 9.65. The number of nitrogens with one attached hydrogen (secondary N) is 1. The van der Waals surface area contributed by atoms with Gasteiger partial charge in [-0.3, -0.25) is 0 Å². The molecule has 0 aromatic heterocycles. The summed E-state index contributed by atoms with van der Waals surface area (Å²) >= 11 is 4.88. The first-order valence-electron chi connectivity index (χ1n) is 6.63. The van der Waals surface area contributed by atoms with Crippen molar-refractivity contribution in [1.82, 2.24) is 4.72 Å². The van der Waals surface area contributed by atoms with Crippen LogP contribution >= 0.6 is 12.2 Å². The predicted octanol–water partition coefficient (Wildman–Crippen LogP) is 1.41. The van der Waals surface area contributed by atoms with Gasteiger partial charge < -0.3 is 10.5 Å². The molecule has 1 aliphatic carbocycles. The van der Waals surface area contributed by atoms with E-state index >= 15 is 0 Å². The Morgan fingerprint density at radius 1 is 1.48 bits per heavy atom. The largest absolute Gasteiger partial charge is 0.389 e. The minimum absolute atomic E-state index is 0.0631. The zero-order valence-electron chi connectivity index (χ0n) is 12.3. The Morgan fingerprint density at radius 3 is 2.67 bits per heavy atom. The van der Waals surface area contributed by atoms with Gasteiger partial charge in [0.05, 0.1) is 11.0 Å². The molecule has 1 saturated carbocycles. The van der Waals surface area contributed by atoms with Gasteiger partial charge in [0.1, 0.15) is 4.99 Å². The highest BCUT2D eigenvalue weighted by Crippen LogP contribution is 2.43. The van der Waals surface area contributed by atoms with E-state index in [9.17, 15) is 8.42 Å². The molecule has 2 unspecified atom stereocenters. The third kappa shape index (κ3) is 3.11. The molecule has 116 valence electrons. The molecule has 0 bridgehead atoms. The summed E-state index contributed by atoms with van der Waals surface area (Å²) in [6, 6.07) is 6.19. The minimum atomic E-state index is -3.60. The molecule has 2 rings (SSSR count). The van der Waals surface area contributed by atoms with Crippen molar-refractivity contribution in [3.05, 3.63) is 29.8 Å². The quantitative estimate of drug-likeness (QED) is 0.799. The topological polar surface area (TPSA) is 81.4 Å². The molecule has 1 aromatic carbocycles. The van der Waals surface area contributed by atoms with Crippen LogP contribution in [0, 0.1) is 5.41 Å². The number of nitrogens with two attached hydrogens (primary N) is 1. The summed E-state index contributed by atoms with van der Waals surface area (Å²) in [5.41, 5.74) is 5.85. The van der Waals surface area contributed by atoms with Crippen LogP contribution in [0.2, 0.25) is 0 Å². The molecule has 0 aliphatic heterocycles. The average molecular weight is 328 g/mol. The van der Waals surface area contributed by atoms with Gasteiger partial charge in [0.15, 0.2) is 0 Å². The van der Waals surface area contributed by atoms with Crippen molar-refractivity contribution in [2.24, 2.45) is 11.1 Å². The highest BCUT2D eigenvalue weighted by atomic mass is 32.2. The van der Waals surface area contributed by atoms with Crippen molar-refractivity contribution in [3.8, 4) is 0 Å². The van der Waals surface area contributed by atoms with Gasteiger partial charge in [-0.2, -0.15) is 0 Å². The van der Waals surface area contributed by atoms with Crippen molar-refractivity contribution in [3.63, 3.8) is 0 Å². The van der Waals surface area contributed by atoms with Crippen molar-refractivity contribution >= 4 is 27.2 Å². The molecule has 2 atom stereocenters. The Balaban J connectivity index is 2.20. The second kappa shape index (κ2) is 5.64. The van der Waals surface area contributed by atoms with Crippen molar-refractivity contribution in [2.75, 3.05) is 7.11 Å². The van der Waals surface area contributed by atoms with E-state index in [1.165, 1.54) is 12.1 Å². The van der Waals surface area contributed by atoms with Gasteiger partial charge in [-0.25, -0.2) is 13.1 Å². The third-order valence-electron chi connectivity index (χ3n) is 4.19. The number of rotatable bonds is 5.